The van der Waals surface area contributed by atoms with E-state index in [4.69, 9.17) is 9.73 Å². The molecule has 0 fully saturated rings. The van der Waals surface area contributed by atoms with Gasteiger partial charge < -0.3 is 4.74 Å². The Morgan fingerprint density at radius 2 is 1.65 bits per heavy atom. The molecular weight excluding hydrogens is 406 g/mol. The highest BCUT2D eigenvalue weighted by Crippen LogP contribution is 2.35. The van der Waals surface area contributed by atoms with E-state index in [9.17, 15) is 4.79 Å². The summed E-state index contributed by atoms with van der Waals surface area (Å²) in [4.78, 5) is 20.2. The van der Waals surface area contributed by atoms with Gasteiger partial charge >= 0.3 is 0 Å². The monoisotopic (exact) mass is 429 g/mol. The Morgan fingerprint density at radius 3 is 2.35 bits per heavy atom. The number of nitrogens with one attached hydrogen (secondary N) is 1. The molecule has 0 saturated heterocycles. The summed E-state index contributed by atoms with van der Waals surface area (Å²) in [5, 5.41) is 3.17. The van der Waals surface area contributed by atoms with Crippen molar-refractivity contribution in [2.24, 2.45) is 4.99 Å². The third-order valence-electron chi connectivity index (χ3n) is 4.89. The van der Waals surface area contributed by atoms with E-state index in [2.05, 4.69) is 17.2 Å². The maximum atomic E-state index is 13.2. The first-order chi connectivity index (χ1) is 15.1. The molecule has 4 aromatic rings. The topological polar surface area (TPSA) is 59.4 Å². The summed E-state index contributed by atoms with van der Waals surface area (Å²) in [6.45, 7) is 3.76. The van der Waals surface area contributed by atoms with Crippen molar-refractivity contribution in [3.05, 3.63) is 100 Å². The summed E-state index contributed by atoms with van der Waals surface area (Å²) in [6, 6.07) is 25.5. The molecule has 0 unspecified atom stereocenters. The average molecular weight is 430 g/mol. The van der Waals surface area contributed by atoms with Crippen LogP contribution in [0.5, 0.6) is 5.75 Å². The van der Waals surface area contributed by atoms with Gasteiger partial charge in [0.2, 0.25) is 0 Å². The first-order valence-electron chi connectivity index (χ1n) is 9.90. The van der Waals surface area contributed by atoms with Gasteiger partial charge in [-0.1, -0.05) is 42.1 Å². The normalized spacial score (nSPS) is 11.5. The summed E-state index contributed by atoms with van der Waals surface area (Å²) in [5.41, 5.74) is 3.48. The molecule has 31 heavy (non-hydrogen) atoms. The zero-order chi connectivity index (χ0) is 21.8. The lowest BCUT2D eigenvalue weighted by molar-refractivity contribution is 0.414. The molecule has 0 amide bonds. The van der Waals surface area contributed by atoms with Gasteiger partial charge in [-0.2, -0.15) is 0 Å². The molecule has 0 aliphatic rings. The number of hydrogen-bond donors (Lipinski definition) is 1. The molecule has 1 aromatic heterocycles. The molecule has 0 radical (unpaired) electrons. The van der Waals surface area contributed by atoms with Crippen LogP contribution in [0.1, 0.15) is 18.2 Å². The lowest BCUT2D eigenvalue weighted by Gasteiger charge is -2.06. The Kier molecular flexibility index (Phi) is 6.09. The van der Waals surface area contributed by atoms with Crippen LogP contribution >= 0.6 is 11.8 Å². The lowest BCUT2D eigenvalue weighted by Crippen LogP contribution is -2.19. The standard InChI is InChI=1S/C25H23N3O2S/c1-17(26-22-11-7-8-12-23(22)31-21-9-5-4-6-10-21)24-18(2)27-28(25(24)29)19-13-15-20(30-3)16-14-19/h4-16,27H,1-3H3. The Bertz CT molecular complexity index is 1270. The predicted molar refractivity (Wildman–Crippen MR) is 127 cm³/mol. The second kappa shape index (κ2) is 9.10. The Hall–Kier alpha value is -3.51. The van der Waals surface area contributed by atoms with Crippen LogP contribution in [0.2, 0.25) is 0 Å². The molecule has 1 N–H and O–H groups in total. The van der Waals surface area contributed by atoms with Crippen molar-refractivity contribution in [1.82, 2.24) is 9.78 Å². The minimum atomic E-state index is -0.128. The summed E-state index contributed by atoms with van der Waals surface area (Å²) in [7, 11) is 1.62. The molecule has 4 rings (SSSR count). The number of aromatic nitrogens is 2. The zero-order valence-electron chi connectivity index (χ0n) is 17.6. The highest BCUT2D eigenvalue weighted by Gasteiger charge is 2.16. The molecule has 6 heteroatoms. The quantitative estimate of drug-likeness (QED) is 0.396. The summed E-state index contributed by atoms with van der Waals surface area (Å²) in [5.74, 6) is 0.741. The van der Waals surface area contributed by atoms with E-state index in [1.807, 2.05) is 80.6 Å². The second-order valence-electron chi connectivity index (χ2n) is 7.03. The molecule has 0 aliphatic heterocycles. The van der Waals surface area contributed by atoms with Crippen LogP contribution in [-0.2, 0) is 0 Å². The van der Waals surface area contributed by atoms with Crippen LogP contribution in [-0.4, -0.2) is 22.6 Å². The third-order valence-corrected chi connectivity index (χ3v) is 5.96. The van der Waals surface area contributed by atoms with E-state index < -0.39 is 0 Å². The van der Waals surface area contributed by atoms with Gasteiger partial charge in [-0.15, -0.1) is 0 Å². The number of nitrogens with zero attached hydrogens (tertiary/aromatic N) is 2. The van der Waals surface area contributed by atoms with Crippen molar-refractivity contribution in [2.75, 3.05) is 7.11 Å². The van der Waals surface area contributed by atoms with Crippen molar-refractivity contribution in [2.45, 2.75) is 23.6 Å². The summed E-state index contributed by atoms with van der Waals surface area (Å²) < 4.78 is 6.74. The third kappa shape index (κ3) is 4.49. The number of para-hydroxylation sites is 1. The fourth-order valence-electron chi connectivity index (χ4n) is 3.37. The van der Waals surface area contributed by atoms with Gasteiger partial charge in [0.1, 0.15) is 5.75 Å². The number of aliphatic imine (C=N–C) groups is 1. The summed E-state index contributed by atoms with van der Waals surface area (Å²) in [6.07, 6.45) is 0. The van der Waals surface area contributed by atoms with E-state index >= 15 is 0 Å². The van der Waals surface area contributed by atoms with Gasteiger partial charge in [0.15, 0.2) is 0 Å². The molecule has 1 heterocycles. The maximum Gasteiger partial charge on any atom is 0.280 e. The van der Waals surface area contributed by atoms with E-state index in [0.29, 0.717) is 11.3 Å². The van der Waals surface area contributed by atoms with Crippen LogP contribution < -0.4 is 10.3 Å². The smallest absolute Gasteiger partial charge is 0.280 e. The molecular formula is C25H23N3O2S. The number of H-pyrrole nitrogens is 1. The fourth-order valence-corrected chi connectivity index (χ4v) is 4.29. The van der Waals surface area contributed by atoms with Gasteiger partial charge in [-0.3, -0.25) is 14.9 Å². The lowest BCUT2D eigenvalue weighted by atomic mass is 10.1. The highest BCUT2D eigenvalue weighted by atomic mass is 32.2. The van der Waals surface area contributed by atoms with Gasteiger partial charge in [-0.05, 0) is 62.4 Å². The van der Waals surface area contributed by atoms with E-state index in [-0.39, 0.29) is 5.56 Å². The van der Waals surface area contributed by atoms with Crippen LogP contribution in [0.4, 0.5) is 5.69 Å². The Morgan fingerprint density at radius 1 is 0.968 bits per heavy atom. The maximum absolute atomic E-state index is 13.2. The number of benzene rings is 3. The van der Waals surface area contributed by atoms with Crippen molar-refractivity contribution in [1.29, 1.82) is 0 Å². The van der Waals surface area contributed by atoms with Gasteiger partial charge in [-0.25, -0.2) is 4.68 Å². The number of ether oxygens (including phenoxy) is 1. The summed E-state index contributed by atoms with van der Waals surface area (Å²) >= 11 is 1.66. The molecule has 156 valence electrons. The number of methoxy groups -OCH3 is 1. The molecule has 0 atom stereocenters. The average Bonchev–Trinajstić information content (AvgIpc) is 3.09. The van der Waals surface area contributed by atoms with E-state index in [1.165, 1.54) is 4.68 Å². The molecule has 0 bridgehead atoms. The van der Waals surface area contributed by atoms with Crippen LogP contribution in [0.3, 0.4) is 0 Å². The van der Waals surface area contributed by atoms with Crippen molar-refractivity contribution >= 4 is 23.2 Å². The number of aryl methyl sites for hydroxylation is 1. The minimum Gasteiger partial charge on any atom is -0.497 e. The van der Waals surface area contributed by atoms with Gasteiger partial charge in [0.05, 0.1) is 29.8 Å². The zero-order valence-corrected chi connectivity index (χ0v) is 18.4. The van der Waals surface area contributed by atoms with Gasteiger partial charge in [0, 0.05) is 15.5 Å². The molecule has 0 spiro atoms. The van der Waals surface area contributed by atoms with Crippen molar-refractivity contribution < 1.29 is 4.74 Å². The van der Waals surface area contributed by atoms with Crippen molar-refractivity contribution in [3.63, 3.8) is 0 Å². The molecule has 0 aliphatic carbocycles. The predicted octanol–water partition coefficient (Wildman–Crippen LogP) is 5.77. The number of hydrogen-bond acceptors (Lipinski definition) is 4. The van der Waals surface area contributed by atoms with E-state index in [1.54, 1.807) is 18.9 Å². The minimum absolute atomic E-state index is 0.128. The Balaban J connectivity index is 1.70. The van der Waals surface area contributed by atoms with Crippen LogP contribution in [0.15, 0.2) is 98.4 Å². The SMILES string of the molecule is COc1ccc(-n2[nH]c(C)c(C(C)=Nc3ccccc3Sc3ccccc3)c2=O)cc1. The molecule has 5 nitrogen and oxygen atoms in total. The molecule has 0 saturated carbocycles. The molecule has 3 aromatic carbocycles. The highest BCUT2D eigenvalue weighted by molar-refractivity contribution is 7.99. The van der Waals surface area contributed by atoms with E-state index in [0.717, 1.165) is 32.6 Å². The van der Waals surface area contributed by atoms with Gasteiger partial charge in [0.25, 0.3) is 5.56 Å². The number of rotatable bonds is 6. The first kappa shape index (κ1) is 20.8. The fraction of sp³-hybridized carbons (Fsp3) is 0.120. The van der Waals surface area contributed by atoms with Crippen LogP contribution in [0, 0.1) is 6.92 Å². The Labute approximate surface area is 185 Å². The van der Waals surface area contributed by atoms with Crippen LogP contribution in [0.25, 0.3) is 5.69 Å². The largest absolute Gasteiger partial charge is 0.497 e. The van der Waals surface area contributed by atoms with Crippen molar-refractivity contribution in [3.8, 4) is 11.4 Å². The first-order valence-corrected chi connectivity index (χ1v) is 10.7. The second-order valence-corrected chi connectivity index (χ2v) is 8.15. The number of aromatic amines is 1.